The zero-order valence-electron chi connectivity index (χ0n) is 17.1. The highest BCUT2D eigenvalue weighted by Gasteiger charge is 2.37. The van der Waals surface area contributed by atoms with Gasteiger partial charge in [0.2, 0.25) is 5.91 Å². The van der Waals surface area contributed by atoms with Crippen LogP contribution in [0.3, 0.4) is 0 Å². The molecule has 4 rings (SSSR count). The molecule has 2 aromatic rings. The van der Waals surface area contributed by atoms with Crippen LogP contribution in [0.1, 0.15) is 63.2 Å². The van der Waals surface area contributed by atoms with E-state index in [-0.39, 0.29) is 17.7 Å². The Balaban J connectivity index is 1.56. The fourth-order valence-electron chi connectivity index (χ4n) is 3.74. The number of rotatable bonds is 4. The van der Waals surface area contributed by atoms with Crippen molar-refractivity contribution in [2.24, 2.45) is 0 Å². The highest BCUT2D eigenvalue weighted by molar-refractivity contribution is 6.22. The van der Waals surface area contributed by atoms with Crippen molar-refractivity contribution in [3.05, 3.63) is 70.4 Å². The summed E-state index contributed by atoms with van der Waals surface area (Å²) in [6.07, 6.45) is 8.22. The molecule has 3 amide bonds. The van der Waals surface area contributed by atoms with Crippen molar-refractivity contribution < 1.29 is 14.4 Å². The van der Waals surface area contributed by atoms with Crippen molar-refractivity contribution in [3.63, 3.8) is 0 Å². The van der Waals surface area contributed by atoms with Gasteiger partial charge in [0, 0.05) is 7.05 Å². The summed E-state index contributed by atoms with van der Waals surface area (Å²) in [5.74, 6) is -1.37. The summed E-state index contributed by atoms with van der Waals surface area (Å²) in [4.78, 5) is 38.8. The van der Waals surface area contributed by atoms with Gasteiger partial charge in [0.1, 0.15) is 0 Å². The van der Waals surface area contributed by atoms with Gasteiger partial charge in [0.05, 0.1) is 22.7 Å². The summed E-state index contributed by atoms with van der Waals surface area (Å²) < 4.78 is 0. The molecule has 0 radical (unpaired) electrons. The normalized spacial score (nSPS) is 16.4. The first-order valence-electron chi connectivity index (χ1n) is 9.85. The number of fused-ring (bicyclic) bond motifs is 1. The zero-order valence-corrected chi connectivity index (χ0v) is 17.1. The van der Waals surface area contributed by atoms with Crippen LogP contribution in [0.5, 0.6) is 0 Å². The first kappa shape index (κ1) is 19.7. The molecule has 30 heavy (non-hydrogen) atoms. The van der Waals surface area contributed by atoms with Gasteiger partial charge >= 0.3 is 0 Å². The van der Waals surface area contributed by atoms with Gasteiger partial charge in [-0.3, -0.25) is 19.3 Å². The molecule has 2 heterocycles. The van der Waals surface area contributed by atoms with Gasteiger partial charge in [-0.2, -0.15) is 0 Å². The van der Waals surface area contributed by atoms with E-state index in [2.05, 4.69) is 27.7 Å². The Morgan fingerprint density at radius 1 is 1.13 bits per heavy atom. The number of carbonyl (C=O) groups excluding carboxylic acids is 3. The van der Waals surface area contributed by atoms with Crippen molar-refractivity contribution in [3.8, 4) is 0 Å². The molecule has 7 heteroatoms. The fourth-order valence-corrected chi connectivity index (χ4v) is 3.74. The second-order valence-corrected chi connectivity index (χ2v) is 7.60. The van der Waals surface area contributed by atoms with Crippen LogP contribution in [0.4, 0.5) is 5.82 Å². The number of allylic oxidation sites excluding steroid dienone is 4. The van der Waals surface area contributed by atoms with Gasteiger partial charge in [-0.15, -0.1) is 10.2 Å². The Kier molecular flexibility index (Phi) is 5.03. The number of hydrogen-bond donors (Lipinski definition) is 1. The molecule has 0 fully saturated rings. The van der Waals surface area contributed by atoms with Gasteiger partial charge in [0.25, 0.3) is 11.8 Å². The number of anilines is 1. The van der Waals surface area contributed by atoms with Gasteiger partial charge in [-0.25, -0.2) is 0 Å². The van der Waals surface area contributed by atoms with E-state index >= 15 is 0 Å². The standard InChI is InChI=1S/C23H22N4O3/c1-13-11-16(20-17(12-13)22(29)27(3)23(20)30)14(2)21(28)24-19-10-9-18(25-26-19)15-7-5-4-6-8-15/h5,7-12,14H,4,6H2,1-3H3,(H,24,26,28)/t14-/m0/s1. The molecule has 152 valence electrons. The summed E-state index contributed by atoms with van der Waals surface area (Å²) in [6, 6.07) is 6.99. The Labute approximate surface area is 174 Å². The maximum absolute atomic E-state index is 12.9. The van der Waals surface area contributed by atoms with Crippen LogP contribution in [0.15, 0.2) is 42.5 Å². The summed E-state index contributed by atoms with van der Waals surface area (Å²) in [6.45, 7) is 3.54. The molecule has 0 spiro atoms. The minimum absolute atomic E-state index is 0.299. The highest BCUT2D eigenvalue weighted by atomic mass is 16.2. The molecule has 0 bridgehead atoms. The van der Waals surface area contributed by atoms with Crippen molar-refractivity contribution in [2.45, 2.75) is 32.6 Å². The molecule has 1 aromatic heterocycles. The Hall–Kier alpha value is -3.61. The van der Waals surface area contributed by atoms with Crippen LogP contribution in [-0.2, 0) is 4.79 Å². The molecule has 1 aromatic carbocycles. The van der Waals surface area contributed by atoms with E-state index in [1.165, 1.54) is 7.05 Å². The Morgan fingerprint density at radius 3 is 2.60 bits per heavy atom. The Bertz CT molecular complexity index is 1120. The first-order valence-corrected chi connectivity index (χ1v) is 9.85. The average Bonchev–Trinajstić information content (AvgIpc) is 2.97. The number of imide groups is 1. The quantitative estimate of drug-likeness (QED) is 0.791. The molecule has 7 nitrogen and oxygen atoms in total. The smallest absolute Gasteiger partial charge is 0.261 e. The van der Waals surface area contributed by atoms with E-state index in [0.29, 0.717) is 22.5 Å². The summed E-state index contributed by atoms with van der Waals surface area (Å²) in [7, 11) is 1.45. The monoisotopic (exact) mass is 402 g/mol. The van der Waals surface area contributed by atoms with E-state index in [9.17, 15) is 14.4 Å². The third-order valence-electron chi connectivity index (χ3n) is 5.43. The van der Waals surface area contributed by atoms with Crippen LogP contribution < -0.4 is 5.32 Å². The number of carbonyl (C=O) groups is 3. The minimum Gasteiger partial charge on any atom is -0.309 e. The molecule has 1 atom stereocenters. The zero-order chi connectivity index (χ0) is 21.4. The number of aryl methyl sites for hydroxylation is 1. The van der Waals surface area contributed by atoms with E-state index in [0.717, 1.165) is 34.6 Å². The van der Waals surface area contributed by atoms with Gasteiger partial charge < -0.3 is 5.32 Å². The molecule has 1 N–H and O–H groups in total. The Morgan fingerprint density at radius 2 is 1.93 bits per heavy atom. The van der Waals surface area contributed by atoms with E-state index in [1.54, 1.807) is 25.1 Å². The van der Waals surface area contributed by atoms with E-state index in [1.807, 2.05) is 19.1 Å². The lowest BCUT2D eigenvalue weighted by atomic mass is 9.90. The third-order valence-corrected chi connectivity index (χ3v) is 5.43. The van der Waals surface area contributed by atoms with E-state index in [4.69, 9.17) is 0 Å². The van der Waals surface area contributed by atoms with Gasteiger partial charge in [0.15, 0.2) is 5.82 Å². The summed E-state index contributed by atoms with van der Waals surface area (Å²) >= 11 is 0. The summed E-state index contributed by atoms with van der Waals surface area (Å²) in [5.41, 5.74) is 3.76. The van der Waals surface area contributed by atoms with Crippen LogP contribution in [0, 0.1) is 6.92 Å². The van der Waals surface area contributed by atoms with Crippen LogP contribution >= 0.6 is 0 Å². The average molecular weight is 402 g/mol. The number of nitrogens with zero attached hydrogens (tertiary/aromatic N) is 3. The molecule has 1 aliphatic carbocycles. The molecule has 0 unspecified atom stereocenters. The number of aromatic nitrogens is 2. The molecular weight excluding hydrogens is 380 g/mol. The molecule has 2 aliphatic rings. The first-order chi connectivity index (χ1) is 14.4. The predicted molar refractivity (Wildman–Crippen MR) is 113 cm³/mol. The van der Waals surface area contributed by atoms with Crippen molar-refractivity contribution >= 4 is 29.1 Å². The topological polar surface area (TPSA) is 92.3 Å². The number of hydrogen-bond acceptors (Lipinski definition) is 5. The maximum Gasteiger partial charge on any atom is 0.261 e. The molecular formula is C23H22N4O3. The lowest BCUT2D eigenvalue weighted by Gasteiger charge is -2.16. The van der Waals surface area contributed by atoms with E-state index < -0.39 is 5.92 Å². The van der Waals surface area contributed by atoms with Crippen LogP contribution in [0.2, 0.25) is 0 Å². The molecule has 0 saturated carbocycles. The predicted octanol–water partition coefficient (Wildman–Crippen LogP) is 3.49. The summed E-state index contributed by atoms with van der Waals surface area (Å²) in [5, 5.41) is 11.1. The number of amides is 3. The van der Waals surface area contributed by atoms with Crippen LogP contribution in [-0.4, -0.2) is 39.9 Å². The van der Waals surface area contributed by atoms with Crippen molar-refractivity contribution in [1.82, 2.24) is 15.1 Å². The third kappa shape index (κ3) is 3.43. The van der Waals surface area contributed by atoms with Gasteiger partial charge in [-0.1, -0.05) is 24.3 Å². The van der Waals surface area contributed by atoms with Gasteiger partial charge in [-0.05, 0) is 61.6 Å². The maximum atomic E-state index is 12.9. The lowest BCUT2D eigenvalue weighted by molar-refractivity contribution is -0.117. The molecule has 1 aliphatic heterocycles. The van der Waals surface area contributed by atoms with Crippen LogP contribution in [0.25, 0.3) is 5.57 Å². The van der Waals surface area contributed by atoms with Crippen molar-refractivity contribution in [2.75, 3.05) is 12.4 Å². The second-order valence-electron chi connectivity index (χ2n) is 7.60. The lowest BCUT2D eigenvalue weighted by Crippen LogP contribution is -2.25. The second kappa shape index (κ2) is 7.67. The highest BCUT2D eigenvalue weighted by Crippen LogP contribution is 2.32. The fraction of sp³-hybridized carbons (Fsp3) is 0.261. The van der Waals surface area contributed by atoms with Crippen molar-refractivity contribution in [1.29, 1.82) is 0 Å². The minimum atomic E-state index is -0.646. The SMILES string of the molecule is Cc1cc2c(c([C@H](C)C(=O)Nc3ccc(C4=CCCC=C4)nn3)c1)C(=O)N(C)C2=O. The number of nitrogens with one attached hydrogen (secondary N) is 1. The molecule has 0 saturated heterocycles. The largest absolute Gasteiger partial charge is 0.309 e. The number of benzene rings is 1.